The summed E-state index contributed by atoms with van der Waals surface area (Å²) in [6.07, 6.45) is 0.557. The molecule has 0 aromatic heterocycles. The lowest BCUT2D eigenvalue weighted by atomic mass is 9.85. The van der Waals surface area contributed by atoms with Crippen LogP contribution in [-0.2, 0) is 21.5 Å². The normalized spacial score (nSPS) is 23.7. The molecular weight excluding hydrogens is 522 g/mol. The van der Waals surface area contributed by atoms with Gasteiger partial charge in [0, 0.05) is 20.1 Å². The van der Waals surface area contributed by atoms with Gasteiger partial charge in [-0.1, -0.05) is 70.7 Å². The van der Waals surface area contributed by atoms with E-state index in [4.69, 9.17) is 55.9 Å². The minimum Gasteiger partial charge on any atom is -0.361 e. The Morgan fingerprint density at radius 2 is 1.34 bits per heavy atom. The van der Waals surface area contributed by atoms with Crippen LogP contribution < -0.4 is 0 Å². The molecule has 2 saturated heterocycles. The number of hydrogen-bond donors (Lipinski definition) is 0. The average Bonchev–Trinajstić information content (AvgIpc) is 3.74. The summed E-state index contributed by atoms with van der Waals surface area (Å²) in [7, 11) is 0. The molecule has 0 amide bonds. The van der Waals surface area contributed by atoms with Gasteiger partial charge >= 0.3 is 0 Å². The van der Waals surface area contributed by atoms with Crippen molar-refractivity contribution >= 4 is 46.4 Å². The van der Waals surface area contributed by atoms with Crippen molar-refractivity contribution in [2.75, 3.05) is 6.61 Å². The van der Waals surface area contributed by atoms with Crippen LogP contribution in [0, 0.1) is 0 Å². The van der Waals surface area contributed by atoms with E-state index >= 15 is 0 Å². The third kappa shape index (κ3) is 3.62. The van der Waals surface area contributed by atoms with Crippen molar-refractivity contribution in [1.29, 1.82) is 0 Å². The monoisotopic (exact) mass is 538 g/mol. The first kappa shape index (κ1) is 22.2. The summed E-state index contributed by atoms with van der Waals surface area (Å²) in [5.74, 6) is 0. The number of epoxide rings is 2. The van der Waals surface area contributed by atoms with Gasteiger partial charge in [0.05, 0.1) is 6.61 Å². The minimum absolute atomic E-state index is 0.122. The Morgan fingerprint density at radius 1 is 0.686 bits per heavy atom. The topological polar surface area (TPSA) is 25.1 Å². The van der Waals surface area contributed by atoms with E-state index < -0.39 is 5.60 Å². The fraction of sp³-hybridized carbons (Fsp3) is 0.172. The minimum atomic E-state index is -0.554. The predicted molar refractivity (Wildman–Crippen MR) is 142 cm³/mol. The SMILES string of the molecule is Clc1ccc(-c2ccc(Cl)cc2C2(C3OC3c3cc(Cl)cc4c3-c3ccc(Cl)cc3C4)CO2)cc1. The zero-order chi connectivity index (χ0) is 23.9. The van der Waals surface area contributed by atoms with Crippen molar-refractivity contribution in [3.8, 4) is 22.3 Å². The number of ether oxygens (including phenoxy) is 2. The van der Waals surface area contributed by atoms with E-state index in [1.54, 1.807) is 0 Å². The molecule has 4 aromatic rings. The third-order valence-corrected chi connectivity index (χ3v) is 8.18. The molecule has 4 aromatic carbocycles. The van der Waals surface area contributed by atoms with Crippen molar-refractivity contribution in [2.45, 2.75) is 24.2 Å². The molecule has 2 heterocycles. The number of rotatable bonds is 4. The second kappa shape index (κ2) is 7.98. The fourth-order valence-electron chi connectivity index (χ4n) is 5.54. The number of benzene rings is 4. The summed E-state index contributed by atoms with van der Waals surface area (Å²) in [5.41, 5.74) is 8.51. The number of fused-ring (bicyclic) bond motifs is 3. The molecule has 0 bridgehead atoms. The third-order valence-electron chi connectivity index (χ3n) is 7.24. The molecule has 174 valence electrons. The van der Waals surface area contributed by atoms with E-state index in [2.05, 4.69) is 6.07 Å². The summed E-state index contributed by atoms with van der Waals surface area (Å²) in [4.78, 5) is 0. The second-order valence-electron chi connectivity index (χ2n) is 9.36. The first-order valence-electron chi connectivity index (χ1n) is 11.4. The molecule has 35 heavy (non-hydrogen) atoms. The van der Waals surface area contributed by atoms with E-state index in [0.717, 1.165) is 33.7 Å². The molecule has 0 N–H and O–H groups in total. The Balaban J connectivity index is 1.30. The molecule has 1 aliphatic carbocycles. The molecule has 0 radical (unpaired) electrons. The average molecular weight is 540 g/mol. The van der Waals surface area contributed by atoms with Crippen LogP contribution in [0.15, 0.2) is 72.8 Å². The zero-order valence-corrected chi connectivity index (χ0v) is 21.3. The lowest BCUT2D eigenvalue weighted by Gasteiger charge is -2.17. The molecule has 6 heteroatoms. The zero-order valence-electron chi connectivity index (χ0n) is 18.3. The summed E-state index contributed by atoms with van der Waals surface area (Å²) in [6, 6.07) is 23.9. The molecule has 3 atom stereocenters. The Kier molecular flexibility index (Phi) is 5.06. The Labute approximate surface area is 223 Å². The van der Waals surface area contributed by atoms with E-state index in [1.165, 1.54) is 22.3 Å². The highest BCUT2D eigenvalue weighted by atomic mass is 35.5. The van der Waals surface area contributed by atoms with Crippen LogP contribution >= 0.6 is 46.4 Å². The van der Waals surface area contributed by atoms with Gasteiger partial charge in [-0.25, -0.2) is 0 Å². The van der Waals surface area contributed by atoms with Crippen molar-refractivity contribution in [2.24, 2.45) is 0 Å². The van der Waals surface area contributed by atoms with E-state index in [0.29, 0.717) is 21.7 Å². The van der Waals surface area contributed by atoms with E-state index in [1.807, 2.05) is 66.7 Å². The maximum absolute atomic E-state index is 6.57. The van der Waals surface area contributed by atoms with Gasteiger partial charge in [-0.15, -0.1) is 0 Å². The van der Waals surface area contributed by atoms with Crippen LogP contribution in [0.25, 0.3) is 22.3 Å². The van der Waals surface area contributed by atoms with Gasteiger partial charge in [0.25, 0.3) is 0 Å². The van der Waals surface area contributed by atoms with Crippen molar-refractivity contribution in [1.82, 2.24) is 0 Å². The van der Waals surface area contributed by atoms with Gasteiger partial charge in [-0.2, -0.15) is 0 Å². The van der Waals surface area contributed by atoms with Crippen LogP contribution in [0.5, 0.6) is 0 Å². The van der Waals surface area contributed by atoms with Crippen LogP contribution in [0.4, 0.5) is 0 Å². The van der Waals surface area contributed by atoms with Gasteiger partial charge in [0.2, 0.25) is 0 Å². The van der Waals surface area contributed by atoms with Crippen LogP contribution in [0.3, 0.4) is 0 Å². The lowest BCUT2D eigenvalue weighted by Crippen LogP contribution is -2.19. The molecular formula is C29H18Cl4O2. The molecule has 3 aliphatic rings. The smallest absolute Gasteiger partial charge is 0.146 e. The van der Waals surface area contributed by atoms with E-state index in [9.17, 15) is 0 Å². The number of halogens is 4. The summed E-state index contributed by atoms with van der Waals surface area (Å²) in [5, 5.41) is 2.82. The first-order valence-corrected chi connectivity index (χ1v) is 12.9. The van der Waals surface area contributed by atoms with Gasteiger partial charge in [0.1, 0.15) is 17.8 Å². The Bertz CT molecular complexity index is 1510. The molecule has 7 rings (SSSR count). The summed E-state index contributed by atoms with van der Waals surface area (Å²) in [6.45, 7) is 0.573. The summed E-state index contributed by atoms with van der Waals surface area (Å²) < 4.78 is 12.6. The highest BCUT2D eigenvalue weighted by Crippen LogP contribution is 2.61. The largest absolute Gasteiger partial charge is 0.361 e. The Morgan fingerprint density at radius 3 is 2.09 bits per heavy atom. The van der Waals surface area contributed by atoms with E-state index in [-0.39, 0.29) is 12.2 Å². The quantitative estimate of drug-likeness (QED) is 0.213. The van der Waals surface area contributed by atoms with Crippen molar-refractivity contribution in [3.63, 3.8) is 0 Å². The highest BCUT2D eigenvalue weighted by molar-refractivity contribution is 6.32. The lowest BCUT2D eigenvalue weighted by molar-refractivity contribution is 0.237. The van der Waals surface area contributed by atoms with Gasteiger partial charge < -0.3 is 9.47 Å². The molecule has 0 saturated carbocycles. The second-order valence-corrected chi connectivity index (χ2v) is 11.1. The standard InChI is InChI=1S/C29H18Cl4O2/c30-18-3-1-15(2-4-18)22-7-5-20(32)13-25(22)29(14-34-29)28-27(35-28)24-12-21(33)11-17-9-16-10-19(31)6-8-23(16)26(17)24/h1-8,10-13,27-28H,9,14H2. The highest BCUT2D eigenvalue weighted by Gasteiger charge is 2.66. The van der Waals surface area contributed by atoms with Crippen LogP contribution in [0.2, 0.25) is 20.1 Å². The maximum Gasteiger partial charge on any atom is 0.146 e. The fourth-order valence-corrected chi connectivity index (χ4v) is 6.28. The van der Waals surface area contributed by atoms with Crippen LogP contribution in [0.1, 0.15) is 28.4 Å². The first-order chi connectivity index (χ1) is 16.9. The summed E-state index contributed by atoms with van der Waals surface area (Å²) >= 11 is 25.4. The predicted octanol–water partition coefficient (Wildman–Crippen LogP) is 8.90. The van der Waals surface area contributed by atoms with Gasteiger partial charge in [-0.3, -0.25) is 0 Å². The Hall–Kier alpha value is -2.04. The number of hydrogen-bond acceptors (Lipinski definition) is 2. The van der Waals surface area contributed by atoms with Gasteiger partial charge in [0.15, 0.2) is 0 Å². The van der Waals surface area contributed by atoms with Crippen molar-refractivity contribution in [3.05, 3.63) is 115 Å². The molecule has 2 fully saturated rings. The molecule has 3 unspecified atom stereocenters. The van der Waals surface area contributed by atoms with Crippen molar-refractivity contribution < 1.29 is 9.47 Å². The van der Waals surface area contributed by atoms with Gasteiger partial charge in [-0.05, 0) is 99.5 Å². The molecule has 0 spiro atoms. The molecule has 2 aliphatic heterocycles. The molecule has 2 nitrogen and oxygen atoms in total. The maximum atomic E-state index is 6.57. The van der Waals surface area contributed by atoms with Crippen LogP contribution in [-0.4, -0.2) is 12.7 Å².